The Hall–Kier alpha value is -1.84. The second kappa shape index (κ2) is 6.03. The van der Waals surface area contributed by atoms with Crippen LogP contribution in [0.1, 0.15) is 25.8 Å². The van der Waals surface area contributed by atoms with Crippen molar-refractivity contribution >= 4 is 12.0 Å². The molecule has 0 bridgehead atoms. The van der Waals surface area contributed by atoms with Gasteiger partial charge in [0.15, 0.2) is 0 Å². The monoisotopic (exact) mass is 238 g/mol. The molecule has 0 amide bonds. The fraction of sp³-hybridized carbons (Fsp3) is 0.308. The molecular formula is C13H15FO3. The van der Waals surface area contributed by atoms with Crippen LogP contribution in [0.25, 0.3) is 6.08 Å². The van der Waals surface area contributed by atoms with Gasteiger partial charge in [0, 0.05) is 12.1 Å². The van der Waals surface area contributed by atoms with Crippen molar-refractivity contribution in [1.29, 1.82) is 0 Å². The van der Waals surface area contributed by atoms with Crippen LogP contribution in [0.3, 0.4) is 0 Å². The zero-order chi connectivity index (χ0) is 12.8. The second-order valence-electron chi connectivity index (χ2n) is 3.73. The number of carbonyl (C=O) groups is 1. The van der Waals surface area contributed by atoms with Crippen molar-refractivity contribution < 1.29 is 19.0 Å². The topological polar surface area (TPSA) is 46.5 Å². The second-order valence-corrected chi connectivity index (χ2v) is 3.73. The highest BCUT2D eigenvalue weighted by Gasteiger charge is 2.04. The molecule has 0 aromatic heterocycles. The largest absolute Gasteiger partial charge is 0.491 e. The van der Waals surface area contributed by atoms with Gasteiger partial charge in [-0.2, -0.15) is 0 Å². The lowest BCUT2D eigenvalue weighted by atomic mass is 10.2. The molecule has 17 heavy (non-hydrogen) atoms. The molecule has 1 unspecified atom stereocenters. The predicted molar refractivity (Wildman–Crippen MR) is 63.5 cm³/mol. The SMILES string of the molecule is CCC(C)Oc1cc(F)cc(/C=C/C(=O)O)c1. The minimum Gasteiger partial charge on any atom is -0.491 e. The van der Waals surface area contributed by atoms with Crippen LogP contribution >= 0.6 is 0 Å². The highest BCUT2D eigenvalue weighted by Crippen LogP contribution is 2.19. The van der Waals surface area contributed by atoms with Crippen LogP contribution in [0, 0.1) is 5.82 Å². The normalized spacial score (nSPS) is 12.6. The first-order chi connectivity index (χ1) is 8.01. The number of ether oxygens (including phenoxy) is 1. The molecule has 0 aliphatic rings. The number of hydrogen-bond donors (Lipinski definition) is 1. The van der Waals surface area contributed by atoms with E-state index in [1.54, 1.807) is 6.07 Å². The number of hydrogen-bond acceptors (Lipinski definition) is 2. The van der Waals surface area contributed by atoms with Gasteiger partial charge in [0.25, 0.3) is 0 Å². The van der Waals surface area contributed by atoms with E-state index in [4.69, 9.17) is 9.84 Å². The molecular weight excluding hydrogens is 223 g/mol. The van der Waals surface area contributed by atoms with Crippen LogP contribution in [0.15, 0.2) is 24.3 Å². The summed E-state index contributed by atoms with van der Waals surface area (Å²) in [4.78, 5) is 10.4. The molecule has 0 aliphatic heterocycles. The minimum absolute atomic E-state index is 0.00639. The van der Waals surface area contributed by atoms with Gasteiger partial charge >= 0.3 is 5.97 Å². The van der Waals surface area contributed by atoms with Crippen molar-refractivity contribution in [3.63, 3.8) is 0 Å². The van der Waals surface area contributed by atoms with E-state index in [0.717, 1.165) is 12.5 Å². The Morgan fingerprint density at radius 1 is 1.53 bits per heavy atom. The Morgan fingerprint density at radius 3 is 2.82 bits per heavy atom. The van der Waals surface area contributed by atoms with Crippen molar-refractivity contribution in [2.45, 2.75) is 26.4 Å². The van der Waals surface area contributed by atoms with E-state index in [0.29, 0.717) is 11.3 Å². The molecule has 4 heteroatoms. The van der Waals surface area contributed by atoms with E-state index < -0.39 is 11.8 Å². The molecule has 0 spiro atoms. The van der Waals surface area contributed by atoms with Crippen molar-refractivity contribution in [1.82, 2.24) is 0 Å². The van der Waals surface area contributed by atoms with Crippen LogP contribution in [0.4, 0.5) is 4.39 Å². The Bertz CT molecular complexity index is 427. The summed E-state index contributed by atoms with van der Waals surface area (Å²) in [6.07, 6.45) is 3.10. The smallest absolute Gasteiger partial charge is 0.328 e. The van der Waals surface area contributed by atoms with Gasteiger partial charge in [-0.25, -0.2) is 9.18 Å². The number of halogens is 1. The molecule has 92 valence electrons. The van der Waals surface area contributed by atoms with E-state index in [1.807, 2.05) is 13.8 Å². The van der Waals surface area contributed by atoms with E-state index in [1.165, 1.54) is 18.2 Å². The first kappa shape index (κ1) is 13.2. The predicted octanol–water partition coefficient (Wildman–Crippen LogP) is 3.10. The number of carboxylic acids is 1. The zero-order valence-electron chi connectivity index (χ0n) is 9.81. The average Bonchev–Trinajstić information content (AvgIpc) is 2.25. The highest BCUT2D eigenvalue weighted by atomic mass is 19.1. The van der Waals surface area contributed by atoms with Crippen LogP contribution in [-0.2, 0) is 4.79 Å². The molecule has 1 aromatic carbocycles. The first-order valence-corrected chi connectivity index (χ1v) is 5.39. The van der Waals surface area contributed by atoms with E-state index >= 15 is 0 Å². The van der Waals surface area contributed by atoms with Crippen molar-refractivity contribution in [2.75, 3.05) is 0 Å². The van der Waals surface area contributed by atoms with E-state index in [-0.39, 0.29) is 6.10 Å². The van der Waals surface area contributed by atoms with Gasteiger partial charge in [-0.05, 0) is 37.1 Å². The van der Waals surface area contributed by atoms with Crippen LogP contribution in [0.2, 0.25) is 0 Å². The molecule has 1 aromatic rings. The average molecular weight is 238 g/mol. The third-order valence-corrected chi connectivity index (χ3v) is 2.22. The van der Waals surface area contributed by atoms with E-state index in [9.17, 15) is 9.18 Å². The molecule has 1 rings (SSSR count). The molecule has 0 saturated heterocycles. The Balaban J connectivity index is 2.90. The highest BCUT2D eigenvalue weighted by molar-refractivity contribution is 5.85. The van der Waals surface area contributed by atoms with Crippen molar-refractivity contribution in [3.8, 4) is 5.75 Å². The fourth-order valence-electron chi connectivity index (χ4n) is 1.23. The summed E-state index contributed by atoms with van der Waals surface area (Å²) >= 11 is 0. The number of aliphatic carboxylic acids is 1. The lowest BCUT2D eigenvalue weighted by Crippen LogP contribution is -2.09. The lowest BCUT2D eigenvalue weighted by molar-refractivity contribution is -0.131. The summed E-state index contributed by atoms with van der Waals surface area (Å²) < 4.78 is 18.7. The van der Waals surface area contributed by atoms with Crippen LogP contribution in [0.5, 0.6) is 5.75 Å². The van der Waals surface area contributed by atoms with Crippen LogP contribution < -0.4 is 4.74 Å². The summed E-state index contributed by atoms with van der Waals surface area (Å²) in [5.74, 6) is -1.11. The lowest BCUT2D eigenvalue weighted by Gasteiger charge is -2.12. The number of carboxylic acid groups (broad SMARTS) is 1. The summed E-state index contributed by atoms with van der Waals surface area (Å²) in [7, 11) is 0. The van der Waals surface area contributed by atoms with E-state index in [2.05, 4.69) is 0 Å². The standard InChI is InChI=1S/C13H15FO3/c1-3-9(2)17-12-7-10(4-5-13(15)16)6-11(14)8-12/h4-9H,3H2,1-2H3,(H,15,16)/b5-4+. The molecule has 1 N–H and O–H groups in total. The van der Waals surface area contributed by atoms with Gasteiger partial charge in [-0.15, -0.1) is 0 Å². The third kappa shape index (κ3) is 4.68. The van der Waals surface area contributed by atoms with Gasteiger partial charge in [0.2, 0.25) is 0 Å². The van der Waals surface area contributed by atoms with Gasteiger partial charge in [0.1, 0.15) is 11.6 Å². The molecule has 0 saturated carbocycles. The quantitative estimate of drug-likeness (QED) is 0.802. The molecule has 0 radical (unpaired) electrons. The Labute approximate surface area is 99.5 Å². The molecule has 0 heterocycles. The third-order valence-electron chi connectivity index (χ3n) is 2.22. The maximum Gasteiger partial charge on any atom is 0.328 e. The van der Waals surface area contributed by atoms with Gasteiger partial charge in [-0.3, -0.25) is 0 Å². The van der Waals surface area contributed by atoms with Gasteiger partial charge in [0.05, 0.1) is 6.10 Å². The molecule has 1 atom stereocenters. The maximum atomic E-state index is 13.2. The number of rotatable bonds is 5. The Kier molecular flexibility index (Phi) is 4.69. The maximum absolute atomic E-state index is 13.2. The summed E-state index contributed by atoms with van der Waals surface area (Å²) in [6.45, 7) is 3.85. The Morgan fingerprint density at radius 2 is 2.24 bits per heavy atom. The molecule has 0 fully saturated rings. The summed E-state index contributed by atoms with van der Waals surface area (Å²) in [5, 5.41) is 8.49. The molecule has 0 aliphatic carbocycles. The van der Waals surface area contributed by atoms with Crippen LogP contribution in [-0.4, -0.2) is 17.2 Å². The minimum atomic E-state index is -1.07. The first-order valence-electron chi connectivity index (χ1n) is 5.39. The summed E-state index contributed by atoms with van der Waals surface area (Å²) in [5.41, 5.74) is 0.464. The summed E-state index contributed by atoms with van der Waals surface area (Å²) in [6, 6.07) is 4.14. The van der Waals surface area contributed by atoms with Crippen molar-refractivity contribution in [2.24, 2.45) is 0 Å². The zero-order valence-corrected chi connectivity index (χ0v) is 9.81. The fourth-order valence-corrected chi connectivity index (χ4v) is 1.23. The number of benzene rings is 1. The van der Waals surface area contributed by atoms with Crippen molar-refractivity contribution in [3.05, 3.63) is 35.7 Å². The van der Waals surface area contributed by atoms with Gasteiger partial charge < -0.3 is 9.84 Å². The molecule has 3 nitrogen and oxygen atoms in total. The van der Waals surface area contributed by atoms with Gasteiger partial charge in [-0.1, -0.05) is 6.92 Å².